The number of para-hydroxylation sites is 1. The van der Waals surface area contributed by atoms with Crippen molar-refractivity contribution < 1.29 is 4.74 Å². The van der Waals surface area contributed by atoms with E-state index in [9.17, 15) is 0 Å². The average molecular weight is 351 g/mol. The minimum absolute atomic E-state index is 0.674. The topological polar surface area (TPSA) is 9.23 Å². The summed E-state index contributed by atoms with van der Waals surface area (Å²) < 4.78 is 6.46. The van der Waals surface area contributed by atoms with E-state index in [0.717, 1.165) is 11.5 Å². The Hall–Kier alpha value is -1.80. The summed E-state index contributed by atoms with van der Waals surface area (Å²) >= 11 is 0. The molecule has 0 radical (unpaired) electrons. The first-order chi connectivity index (χ1) is 11.9. The molecule has 0 fully saturated rings. The molecule has 2 aromatic carbocycles. The lowest BCUT2D eigenvalue weighted by Crippen LogP contribution is -2.43. The highest BCUT2D eigenvalue weighted by Gasteiger charge is 2.42. The molecular formula is C23H30OSi. The fourth-order valence-corrected chi connectivity index (χ4v) is 10.4. The molecule has 132 valence electrons. The van der Waals surface area contributed by atoms with Crippen LogP contribution >= 0.6 is 0 Å². The van der Waals surface area contributed by atoms with Crippen molar-refractivity contribution in [2.75, 3.05) is 0 Å². The van der Waals surface area contributed by atoms with Gasteiger partial charge in [-0.15, -0.1) is 0 Å². The van der Waals surface area contributed by atoms with E-state index in [-0.39, 0.29) is 0 Å². The first kappa shape index (κ1) is 18.0. The van der Waals surface area contributed by atoms with Crippen LogP contribution in [0.5, 0.6) is 5.75 Å². The molecule has 0 spiro atoms. The van der Waals surface area contributed by atoms with Gasteiger partial charge in [0.25, 0.3) is 0 Å². The predicted molar refractivity (Wildman–Crippen MR) is 112 cm³/mol. The van der Waals surface area contributed by atoms with Crippen LogP contribution in [0.3, 0.4) is 0 Å². The molecular weight excluding hydrogens is 320 g/mol. The van der Waals surface area contributed by atoms with Crippen molar-refractivity contribution in [3.05, 3.63) is 59.8 Å². The van der Waals surface area contributed by atoms with Gasteiger partial charge in [-0.1, -0.05) is 89.7 Å². The third-order valence-corrected chi connectivity index (χ3v) is 12.7. The van der Waals surface area contributed by atoms with Crippen LogP contribution in [-0.2, 0) is 0 Å². The van der Waals surface area contributed by atoms with Gasteiger partial charge in [0.1, 0.15) is 11.5 Å². The first-order valence-electron chi connectivity index (χ1n) is 9.47. The Labute approximate surface area is 153 Å². The number of fused-ring (bicyclic) bond motifs is 3. The molecule has 25 heavy (non-hydrogen) atoms. The fourth-order valence-electron chi connectivity index (χ4n) is 4.72. The fraction of sp³-hybridized carbons (Fsp3) is 0.391. The van der Waals surface area contributed by atoms with Crippen molar-refractivity contribution in [2.24, 2.45) is 0 Å². The van der Waals surface area contributed by atoms with Crippen LogP contribution in [0.1, 0.15) is 47.1 Å². The molecule has 1 aliphatic rings. The molecule has 2 aromatic rings. The third-order valence-electron chi connectivity index (χ3n) is 5.97. The van der Waals surface area contributed by atoms with E-state index < -0.39 is 8.07 Å². The number of benzene rings is 2. The molecule has 0 aromatic heterocycles. The maximum Gasteiger partial charge on any atom is 0.135 e. The van der Waals surface area contributed by atoms with Crippen LogP contribution in [0, 0.1) is 0 Å². The second-order valence-electron chi connectivity index (χ2n) is 8.12. The SMILES string of the molecule is CC(C)[Si](/C=C1\Oc2ccccc2-c2ccccc21)(C(C)C)C(C)C. The quantitative estimate of drug-likeness (QED) is 0.525. The highest BCUT2D eigenvalue weighted by molar-refractivity contribution is 6.88. The van der Waals surface area contributed by atoms with E-state index in [1.54, 1.807) is 0 Å². The van der Waals surface area contributed by atoms with Gasteiger partial charge in [-0.25, -0.2) is 0 Å². The van der Waals surface area contributed by atoms with Gasteiger partial charge in [-0.3, -0.25) is 0 Å². The zero-order chi connectivity index (χ0) is 18.2. The van der Waals surface area contributed by atoms with Crippen molar-refractivity contribution in [1.82, 2.24) is 0 Å². The minimum atomic E-state index is -1.69. The molecule has 0 unspecified atom stereocenters. The van der Waals surface area contributed by atoms with Crippen molar-refractivity contribution >= 4 is 13.8 Å². The maximum absolute atomic E-state index is 6.46. The van der Waals surface area contributed by atoms with Crippen LogP contribution in [0.4, 0.5) is 0 Å². The highest BCUT2D eigenvalue weighted by Crippen LogP contribution is 2.47. The van der Waals surface area contributed by atoms with Crippen molar-refractivity contribution in [1.29, 1.82) is 0 Å². The molecule has 0 amide bonds. The molecule has 0 bridgehead atoms. The summed E-state index contributed by atoms with van der Waals surface area (Å²) in [5.41, 5.74) is 8.30. The van der Waals surface area contributed by atoms with Crippen molar-refractivity contribution in [2.45, 2.75) is 58.2 Å². The lowest BCUT2D eigenvalue weighted by atomic mass is 9.96. The molecule has 0 saturated heterocycles. The highest BCUT2D eigenvalue weighted by atomic mass is 28.3. The summed E-state index contributed by atoms with van der Waals surface area (Å²) in [5.74, 6) is 2.05. The maximum atomic E-state index is 6.46. The van der Waals surface area contributed by atoms with Crippen LogP contribution in [-0.4, -0.2) is 8.07 Å². The van der Waals surface area contributed by atoms with Gasteiger partial charge in [0.2, 0.25) is 0 Å². The Bertz CT molecular complexity index is 764. The van der Waals surface area contributed by atoms with Gasteiger partial charge in [0, 0.05) is 11.1 Å². The lowest BCUT2D eigenvalue weighted by molar-refractivity contribution is 0.512. The average Bonchev–Trinajstić information content (AvgIpc) is 2.58. The van der Waals surface area contributed by atoms with Gasteiger partial charge in [-0.2, -0.15) is 0 Å². The molecule has 0 atom stereocenters. The standard InChI is InChI=1S/C23H30OSi/c1-16(2)25(17(3)4,18(5)6)15-23-21-13-8-7-11-19(21)20-12-9-10-14-22(20)24-23/h7-18H,1-6H3/b23-15-. The summed E-state index contributed by atoms with van der Waals surface area (Å²) in [6.45, 7) is 14.4. The monoisotopic (exact) mass is 350 g/mol. The molecule has 0 saturated carbocycles. The van der Waals surface area contributed by atoms with E-state index in [2.05, 4.69) is 95.8 Å². The van der Waals surface area contributed by atoms with E-state index in [0.29, 0.717) is 16.6 Å². The lowest BCUT2D eigenvalue weighted by Gasteiger charge is -2.41. The Morgan fingerprint density at radius 2 is 1.16 bits per heavy atom. The Morgan fingerprint density at radius 3 is 1.72 bits per heavy atom. The molecule has 2 heteroatoms. The normalized spacial score (nSPS) is 15.5. The molecule has 0 N–H and O–H groups in total. The Balaban J connectivity index is 2.22. The summed E-state index contributed by atoms with van der Waals surface area (Å²) in [7, 11) is -1.69. The van der Waals surface area contributed by atoms with E-state index in [1.807, 2.05) is 0 Å². The van der Waals surface area contributed by atoms with Crippen molar-refractivity contribution in [3.8, 4) is 16.9 Å². The van der Waals surface area contributed by atoms with Crippen LogP contribution in [0.15, 0.2) is 54.2 Å². The molecule has 1 heterocycles. The Morgan fingerprint density at radius 1 is 0.680 bits per heavy atom. The summed E-state index contributed by atoms with van der Waals surface area (Å²) in [5, 5.41) is 0. The molecule has 3 rings (SSSR count). The number of rotatable bonds is 4. The van der Waals surface area contributed by atoms with E-state index in [1.165, 1.54) is 16.7 Å². The second kappa shape index (κ2) is 6.84. The zero-order valence-electron chi connectivity index (χ0n) is 16.3. The van der Waals surface area contributed by atoms with Gasteiger partial charge in [0.15, 0.2) is 0 Å². The van der Waals surface area contributed by atoms with E-state index in [4.69, 9.17) is 4.74 Å². The molecule has 1 aliphatic heterocycles. The van der Waals surface area contributed by atoms with Crippen molar-refractivity contribution in [3.63, 3.8) is 0 Å². The van der Waals surface area contributed by atoms with Crippen LogP contribution in [0.2, 0.25) is 16.6 Å². The summed E-state index contributed by atoms with van der Waals surface area (Å²) in [6.07, 6.45) is 0. The van der Waals surface area contributed by atoms with Crippen LogP contribution in [0.25, 0.3) is 16.9 Å². The first-order valence-corrected chi connectivity index (χ1v) is 11.8. The molecule has 0 aliphatic carbocycles. The molecule has 1 nitrogen and oxygen atoms in total. The summed E-state index contributed by atoms with van der Waals surface area (Å²) in [4.78, 5) is 0. The van der Waals surface area contributed by atoms with Gasteiger partial charge in [-0.05, 0) is 28.3 Å². The largest absolute Gasteiger partial charge is 0.457 e. The van der Waals surface area contributed by atoms with Gasteiger partial charge >= 0.3 is 0 Å². The number of ether oxygens (including phenoxy) is 1. The second-order valence-corrected chi connectivity index (χ2v) is 13.9. The Kier molecular flexibility index (Phi) is 4.92. The summed E-state index contributed by atoms with van der Waals surface area (Å²) in [6, 6.07) is 17.0. The predicted octanol–water partition coefficient (Wildman–Crippen LogP) is 7.30. The number of hydrogen-bond donors (Lipinski definition) is 0. The smallest absolute Gasteiger partial charge is 0.135 e. The van der Waals surface area contributed by atoms with Crippen LogP contribution < -0.4 is 4.74 Å². The van der Waals surface area contributed by atoms with Gasteiger partial charge in [0.05, 0.1) is 8.07 Å². The number of hydrogen-bond acceptors (Lipinski definition) is 1. The third kappa shape index (κ3) is 2.97. The van der Waals surface area contributed by atoms with E-state index >= 15 is 0 Å². The van der Waals surface area contributed by atoms with Gasteiger partial charge < -0.3 is 4.74 Å². The minimum Gasteiger partial charge on any atom is -0.457 e. The zero-order valence-corrected chi connectivity index (χ0v) is 17.3.